The predicted octanol–water partition coefficient (Wildman–Crippen LogP) is 5.16. The zero-order chi connectivity index (χ0) is 22.5. The second kappa shape index (κ2) is 10.6. The Kier molecular flexibility index (Phi) is 7.13. The zero-order valence-corrected chi connectivity index (χ0v) is 20.4. The van der Waals surface area contributed by atoms with Gasteiger partial charge in [-0.1, -0.05) is 66.0 Å². The minimum atomic E-state index is -0.207. The third-order valence-corrected chi connectivity index (χ3v) is 8.45. The molecule has 0 atom stereocenters. The van der Waals surface area contributed by atoms with Gasteiger partial charge in [0.15, 0.2) is 9.50 Å². The summed E-state index contributed by atoms with van der Waals surface area (Å²) in [4.78, 5) is 18.1. The maximum Gasteiger partial charge on any atom is 0.409 e. The van der Waals surface area contributed by atoms with E-state index in [0.29, 0.717) is 25.4 Å². The highest BCUT2D eigenvalue weighted by atomic mass is 32.2. The lowest BCUT2D eigenvalue weighted by molar-refractivity contribution is 0.158. The molecule has 0 unspecified atom stereocenters. The molecule has 1 aliphatic rings. The Hall–Kier alpha value is -2.56. The molecule has 1 fully saturated rings. The predicted molar refractivity (Wildman–Crippen MR) is 133 cm³/mol. The number of amides is 1. The summed E-state index contributed by atoms with van der Waals surface area (Å²) in [6, 6.07) is 18.6. The number of thioether (sulfide) groups is 2. The monoisotopic (exact) mass is 497 g/mol. The van der Waals surface area contributed by atoms with E-state index >= 15 is 0 Å². The Morgan fingerprint density at radius 1 is 1.03 bits per heavy atom. The summed E-state index contributed by atoms with van der Waals surface area (Å²) in [5.74, 6) is 2.51. The second-order valence-electron chi connectivity index (χ2n) is 7.51. The molecule has 1 amide bonds. The van der Waals surface area contributed by atoms with Crippen molar-refractivity contribution < 1.29 is 9.53 Å². The molecule has 0 aliphatic carbocycles. The summed E-state index contributed by atoms with van der Waals surface area (Å²) in [6.45, 7) is 2.61. The minimum absolute atomic E-state index is 0.207. The van der Waals surface area contributed by atoms with E-state index in [4.69, 9.17) is 9.72 Å². The first-order chi connectivity index (χ1) is 16.3. The van der Waals surface area contributed by atoms with Crippen molar-refractivity contribution >= 4 is 51.2 Å². The molecule has 2 aromatic carbocycles. The zero-order valence-electron chi connectivity index (χ0n) is 17.9. The lowest BCUT2D eigenvalue weighted by Crippen LogP contribution is -2.25. The summed E-state index contributed by atoms with van der Waals surface area (Å²) in [5.41, 5.74) is 2.25. The number of thiazole rings is 1. The fourth-order valence-corrected chi connectivity index (χ4v) is 6.43. The highest BCUT2D eigenvalue weighted by Gasteiger charge is 2.21. The number of rotatable bonds is 10. The third kappa shape index (κ3) is 5.51. The van der Waals surface area contributed by atoms with Gasteiger partial charge in [-0.15, -0.1) is 21.5 Å². The number of nitrogens with zero attached hydrogens (tertiary/aromatic N) is 5. The molecule has 1 saturated heterocycles. The highest BCUT2D eigenvalue weighted by Crippen LogP contribution is 2.32. The molecule has 3 heterocycles. The number of para-hydroxylation sites is 1. The smallest absolute Gasteiger partial charge is 0.409 e. The molecule has 10 heteroatoms. The summed E-state index contributed by atoms with van der Waals surface area (Å²) < 4.78 is 9.44. The van der Waals surface area contributed by atoms with Crippen LogP contribution in [0.1, 0.15) is 17.8 Å². The highest BCUT2D eigenvalue weighted by molar-refractivity contribution is 8.00. The first-order valence-corrected chi connectivity index (χ1v) is 13.5. The van der Waals surface area contributed by atoms with E-state index in [2.05, 4.69) is 45.1 Å². The Morgan fingerprint density at radius 2 is 1.88 bits per heavy atom. The lowest BCUT2D eigenvalue weighted by Gasteiger charge is -2.12. The van der Waals surface area contributed by atoms with Crippen LogP contribution >= 0.6 is 34.9 Å². The number of hydrogen-bond acceptors (Lipinski definition) is 8. The average molecular weight is 498 g/mol. The minimum Gasteiger partial charge on any atom is -0.448 e. The van der Waals surface area contributed by atoms with E-state index in [-0.39, 0.29) is 6.09 Å². The van der Waals surface area contributed by atoms with E-state index in [1.165, 1.54) is 10.3 Å². The molecule has 1 aliphatic heterocycles. The van der Waals surface area contributed by atoms with E-state index in [0.717, 1.165) is 39.6 Å². The normalized spacial score (nSPS) is 13.7. The Morgan fingerprint density at radius 3 is 2.70 bits per heavy atom. The number of benzene rings is 2. The molecule has 2 aromatic heterocycles. The first kappa shape index (κ1) is 22.2. The van der Waals surface area contributed by atoms with Gasteiger partial charge in [-0.25, -0.2) is 9.78 Å². The largest absolute Gasteiger partial charge is 0.448 e. The summed E-state index contributed by atoms with van der Waals surface area (Å²) in [5, 5.41) is 9.91. The van der Waals surface area contributed by atoms with Crippen molar-refractivity contribution in [2.24, 2.45) is 0 Å². The SMILES string of the molecule is O=C1OCCN1CCCSc1nnc(CSc2nc3ccccc3s2)n1Cc1ccccc1. The van der Waals surface area contributed by atoms with Crippen molar-refractivity contribution in [2.75, 3.05) is 25.4 Å². The molecular weight excluding hydrogens is 474 g/mol. The van der Waals surface area contributed by atoms with Gasteiger partial charge in [-0.3, -0.25) is 0 Å². The fraction of sp³-hybridized carbons (Fsp3) is 0.304. The number of cyclic esters (lactones) is 1. The van der Waals surface area contributed by atoms with Crippen LogP contribution in [0.3, 0.4) is 0 Å². The summed E-state index contributed by atoms with van der Waals surface area (Å²) in [7, 11) is 0. The first-order valence-electron chi connectivity index (χ1n) is 10.7. The van der Waals surface area contributed by atoms with Gasteiger partial charge in [0.05, 0.1) is 29.1 Å². The molecule has 4 aromatic rings. The van der Waals surface area contributed by atoms with Crippen molar-refractivity contribution in [1.29, 1.82) is 0 Å². The summed E-state index contributed by atoms with van der Waals surface area (Å²) >= 11 is 5.09. The van der Waals surface area contributed by atoms with E-state index in [1.54, 1.807) is 39.8 Å². The molecule has 170 valence electrons. The standard InChI is InChI=1S/C23H23N5O2S3/c29-23-27(12-13-30-23)11-6-14-31-21-26-25-20(28(21)15-17-7-2-1-3-8-17)16-32-22-24-18-9-4-5-10-19(18)33-22/h1-5,7-10H,6,11-16H2. The van der Waals surface area contributed by atoms with Crippen molar-refractivity contribution in [1.82, 2.24) is 24.6 Å². The molecule has 0 N–H and O–H groups in total. The molecular formula is C23H23N5O2S3. The van der Waals surface area contributed by atoms with Crippen molar-refractivity contribution in [3.05, 3.63) is 66.0 Å². The van der Waals surface area contributed by atoms with Crippen LogP contribution in [0.25, 0.3) is 10.2 Å². The Labute approximate surface area is 204 Å². The molecule has 33 heavy (non-hydrogen) atoms. The average Bonchev–Trinajstić information content (AvgIpc) is 3.55. The number of fused-ring (bicyclic) bond motifs is 1. The van der Waals surface area contributed by atoms with E-state index in [9.17, 15) is 4.79 Å². The van der Waals surface area contributed by atoms with Gasteiger partial charge in [0, 0.05) is 12.3 Å². The van der Waals surface area contributed by atoms with Gasteiger partial charge in [0.2, 0.25) is 0 Å². The third-order valence-electron chi connectivity index (χ3n) is 5.22. The van der Waals surface area contributed by atoms with Crippen LogP contribution in [0.2, 0.25) is 0 Å². The van der Waals surface area contributed by atoms with Crippen LogP contribution < -0.4 is 0 Å². The molecule has 5 rings (SSSR count). The van der Waals surface area contributed by atoms with Gasteiger partial charge in [-0.2, -0.15) is 0 Å². The van der Waals surface area contributed by atoms with Gasteiger partial charge in [0.25, 0.3) is 0 Å². The van der Waals surface area contributed by atoms with Gasteiger partial charge in [-0.05, 0) is 24.1 Å². The van der Waals surface area contributed by atoms with Crippen LogP contribution in [0.4, 0.5) is 4.79 Å². The van der Waals surface area contributed by atoms with Crippen molar-refractivity contribution in [3.63, 3.8) is 0 Å². The maximum atomic E-state index is 11.6. The maximum absolute atomic E-state index is 11.6. The number of aromatic nitrogens is 4. The number of ether oxygens (including phenoxy) is 1. The molecule has 0 radical (unpaired) electrons. The van der Waals surface area contributed by atoms with Crippen LogP contribution in [0.15, 0.2) is 64.1 Å². The Bertz CT molecular complexity index is 1190. The van der Waals surface area contributed by atoms with Gasteiger partial charge in [0.1, 0.15) is 12.4 Å². The van der Waals surface area contributed by atoms with Crippen LogP contribution in [-0.2, 0) is 17.0 Å². The second-order valence-corrected chi connectivity index (χ2v) is 10.8. The number of carbonyl (C=O) groups is 1. The fourth-order valence-electron chi connectivity index (χ4n) is 3.54. The molecule has 7 nitrogen and oxygen atoms in total. The number of carbonyl (C=O) groups excluding carboxylic acids is 1. The molecule has 0 bridgehead atoms. The van der Waals surface area contributed by atoms with E-state index in [1.807, 2.05) is 24.3 Å². The van der Waals surface area contributed by atoms with E-state index < -0.39 is 0 Å². The lowest BCUT2D eigenvalue weighted by atomic mass is 10.2. The quantitative estimate of drug-likeness (QED) is 0.221. The van der Waals surface area contributed by atoms with Gasteiger partial charge >= 0.3 is 6.09 Å². The molecule has 0 saturated carbocycles. The summed E-state index contributed by atoms with van der Waals surface area (Å²) in [6.07, 6.45) is 0.676. The molecule has 0 spiro atoms. The van der Waals surface area contributed by atoms with Crippen LogP contribution in [0, 0.1) is 0 Å². The van der Waals surface area contributed by atoms with Gasteiger partial charge < -0.3 is 14.2 Å². The van der Waals surface area contributed by atoms with Crippen molar-refractivity contribution in [2.45, 2.75) is 28.2 Å². The van der Waals surface area contributed by atoms with Crippen molar-refractivity contribution in [3.8, 4) is 0 Å². The Balaban J connectivity index is 1.26. The van der Waals surface area contributed by atoms with Crippen LogP contribution in [-0.4, -0.2) is 56.2 Å². The van der Waals surface area contributed by atoms with Crippen LogP contribution in [0.5, 0.6) is 0 Å². The topological polar surface area (TPSA) is 73.1 Å². The number of hydrogen-bond donors (Lipinski definition) is 0.